The van der Waals surface area contributed by atoms with Gasteiger partial charge in [0.2, 0.25) is 0 Å². The van der Waals surface area contributed by atoms with Crippen LogP contribution in [-0.4, -0.2) is 42.7 Å². The third-order valence-electron chi connectivity index (χ3n) is 4.22. The zero-order valence-electron chi connectivity index (χ0n) is 10.8. The van der Waals surface area contributed by atoms with Crippen LogP contribution < -0.4 is 11.1 Å². The summed E-state index contributed by atoms with van der Waals surface area (Å²) in [4.78, 5) is 2.59. The highest BCUT2D eigenvalue weighted by Crippen LogP contribution is 2.20. The molecule has 0 aromatic heterocycles. The lowest BCUT2D eigenvalue weighted by molar-refractivity contribution is 0.262. The van der Waals surface area contributed by atoms with Crippen LogP contribution in [0.1, 0.15) is 39.5 Å². The monoisotopic (exact) mass is 225 g/mol. The molecule has 0 aromatic carbocycles. The van der Waals surface area contributed by atoms with Crippen molar-refractivity contribution in [3.05, 3.63) is 0 Å². The zero-order chi connectivity index (χ0) is 11.5. The molecule has 3 N–H and O–H groups in total. The predicted octanol–water partition coefficient (Wildman–Crippen LogP) is 1.19. The average molecular weight is 225 g/mol. The maximum atomic E-state index is 5.92. The summed E-state index contributed by atoms with van der Waals surface area (Å²) in [6.07, 6.45) is 5.03. The number of likely N-dealkylation sites (tertiary alicyclic amines) is 1. The van der Waals surface area contributed by atoms with Crippen LogP contribution in [0.4, 0.5) is 0 Å². The van der Waals surface area contributed by atoms with Gasteiger partial charge in [-0.3, -0.25) is 0 Å². The second-order valence-electron chi connectivity index (χ2n) is 5.92. The number of nitrogens with two attached hydrogens (primary N) is 1. The minimum absolute atomic E-state index is 0.452. The van der Waals surface area contributed by atoms with Crippen LogP contribution in [0.5, 0.6) is 0 Å². The quantitative estimate of drug-likeness (QED) is 0.755. The Balaban J connectivity index is 1.64. The molecule has 0 aromatic rings. The summed E-state index contributed by atoms with van der Waals surface area (Å²) in [5.74, 6) is 0.860. The zero-order valence-corrected chi connectivity index (χ0v) is 10.8. The highest BCUT2D eigenvalue weighted by Gasteiger charge is 2.26. The molecule has 1 aliphatic carbocycles. The van der Waals surface area contributed by atoms with E-state index in [0.717, 1.165) is 5.92 Å². The Hall–Kier alpha value is -0.120. The Bertz CT molecular complexity index is 217. The van der Waals surface area contributed by atoms with E-state index in [1.54, 1.807) is 0 Å². The topological polar surface area (TPSA) is 41.3 Å². The van der Waals surface area contributed by atoms with E-state index < -0.39 is 0 Å². The van der Waals surface area contributed by atoms with Crippen LogP contribution in [0.3, 0.4) is 0 Å². The average Bonchev–Trinajstić information content (AvgIpc) is 2.83. The van der Waals surface area contributed by atoms with Gasteiger partial charge in [-0.1, -0.05) is 0 Å². The van der Waals surface area contributed by atoms with Crippen LogP contribution in [0.2, 0.25) is 0 Å². The smallest absolute Gasteiger partial charge is 0.00824 e. The number of hydrogen-bond donors (Lipinski definition) is 2. The van der Waals surface area contributed by atoms with Crippen molar-refractivity contribution in [2.75, 3.05) is 19.6 Å². The number of hydrogen-bond acceptors (Lipinski definition) is 3. The Labute approximate surface area is 99.8 Å². The Morgan fingerprint density at radius 2 is 2.12 bits per heavy atom. The van der Waals surface area contributed by atoms with Gasteiger partial charge < -0.3 is 16.0 Å². The van der Waals surface area contributed by atoms with Gasteiger partial charge in [0, 0.05) is 24.7 Å². The molecule has 94 valence electrons. The van der Waals surface area contributed by atoms with E-state index in [4.69, 9.17) is 5.73 Å². The molecule has 0 spiro atoms. The lowest BCUT2D eigenvalue weighted by Gasteiger charge is -2.21. The summed E-state index contributed by atoms with van der Waals surface area (Å²) in [6.45, 7) is 8.36. The van der Waals surface area contributed by atoms with Crippen LogP contribution in [-0.2, 0) is 0 Å². The lowest BCUT2D eigenvalue weighted by Crippen LogP contribution is -2.34. The summed E-state index contributed by atoms with van der Waals surface area (Å²) in [5.41, 5.74) is 5.92. The van der Waals surface area contributed by atoms with Gasteiger partial charge in [0.15, 0.2) is 0 Å². The number of rotatable bonds is 4. The SMILES string of the molecule is CC(C)N1CCC(CNC2CCC(N)C2)C1. The molecule has 0 radical (unpaired) electrons. The minimum Gasteiger partial charge on any atom is -0.328 e. The normalized spacial score (nSPS) is 36.4. The van der Waals surface area contributed by atoms with Crippen LogP contribution in [0, 0.1) is 5.92 Å². The standard InChI is InChI=1S/C13H27N3/c1-10(2)16-6-5-11(9-16)8-15-13-4-3-12(14)7-13/h10-13,15H,3-9,14H2,1-2H3. The van der Waals surface area contributed by atoms with E-state index in [1.165, 1.54) is 45.3 Å². The molecule has 16 heavy (non-hydrogen) atoms. The molecule has 3 nitrogen and oxygen atoms in total. The van der Waals surface area contributed by atoms with Crippen molar-refractivity contribution < 1.29 is 0 Å². The van der Waals surface area contributed by atoms with E-state index >= 15 is 0 Å². The van der Waals surface area contributed by atoms with Gasteiger partial charge >= 0.3 is 0 Å². The van der Waals surface area contributed by atoms with E-state index in [2.05, 4.69) is 24.1 Å². The van der Waals surface area contributed by atoms with Crippen molar-refractivity contribution in [2.45, 2.75) is 57.7 Å². The van der Waals surface area contributed by atoms with E-state index in [0.29, 0.717) is 18.1 Å². The molecule has 1 saturated carbocycles. The van der Waals surface area contributed by atoms with Crippen LogP contribution in [0.15, 0.2) is 0 Å². The highest BCUT2D eigenvalue weighted by atomic mass is 15.2. The van der Waals surface area contributed by atoms with Crippen molar-refractivity contribution in [1.82, 2.24) is 10.2 Å². The summed E-state index contributed by atoms with van der Waals surface area (Å²) in [7, 11) is 0. The fraction of sp³-hybridized carbons (Fsp3) is 1.00. The van der Waals surface area contributed by atoms with Gasteiger partial charge in [-0.15, -0.1) is 0 Å². The first-order valence-electron chi connectivity index (χ1n) is 6.88. The third kappa shape index (κ3) is 3.19. The first-order chi connectivity index (χ1) is 7.65. The van der Waals surface area contributed by atoms with E-state index in [1.807, 2.05) is 0 Å². The summed E-state index contributed by atoms with van der Waals surface area (Å²) < 4.78 is 0. The lowest BCUT2D eigenvalue weighted by atomic mass is 10.1. The molecule has 3 atom stereocenters. The van der Waals surface area contributed by atoms with Gasteiger partial charge in [-0.05, 0) is 58.5 Å². The molecule has 0 amide bonds. The molecule has 1 heterocycles. The van der Waals surface area contributed by atoms with E-state index in [-0.39, 0.29) is 0 Å². The molecule has 1 saturated heterocycles. The molecular weight excluding hydrogens is 198 g/mol. The van der Waals surface area contributed by atoms with Gasteiger partial charge in [0.1, 0.15) is 0 Å². The first kappa shape index (κ1) is 12.3. The van der Waals surface area contributed by atoms with Gasteiger partial charge in [0.05, 0.1) is 0 Å². The molecule has 1 aliphatic heterocycles. The fourth-order valence-electron chi connectivity index (χ4n) is 3.03. The van der Waals surface area contributed by atoms with E-state index in [9.17, 15) is 0 Å². The molecule has 3 heteroatoms. The summed E-state index contributed by atoms with van der Waals surface area (Å²) in [6, 6.07) is 1.86. The van der Waals surface area contributed by atoms with Crippen LogP contribution in [0.25, 0.3) is 0 Å². The van der Waals surface area contributed by atoms with Gasteiger partial charge in [-0.25, -0.2) is 0 Å². The highest BCUT2D eigenvalue weighted by molar-refractivity contribution is 4.85. The predicted molar refractivity (Wildman–Crippen MR) is 68.4 cm³/mol. The van der Waals surface area contributed by atoms with Crippen LogP contribution >= 0.6 is 0 Å². The first-order valence-corrected chi connectivity index (χ1v) is 6.88. The van der Waals surface area contributed by atoms with Gasteiger partial charge in [-0.2, -0.15) is 0 Å². The van der Waals surface area contributed by atoms with Gasteiger partial charge in [0.25, 0.3) is 0 Å². The largest absolute Gasteiger partial charge is 0.328 e. The molecular formula is C13H27N3. The second kappa shape index (κ2) is 5.48. The van der Waals surface area contributed by atoms with Crippen molar-refractivity contribution in [2.24, 2.45) is 11.7 Å². The summed E-state index contributed by atoms with van der Waals surface area (Å²) >= 11 is 0. The second-order valence-corrected chi connectivity index (χ2v) is 5.92. The fourth-order valence-corrected chi connectivity index (χ4v) is 3.03. The van der Waals surface area contributed by atoms with Crippen molar-refractivity contribution in [3.63, 3.8) is 0 Å². The molecule has 3 unspecified atom stereocenters. The Morgan fingerprint density at radius 1 is 1.31 bits per heavy atom. The maximum Gasteiger partial charge on any atom is 0.00824 e. The minimum atomic E-state index is 0.452. The number of nitrogens with zero attached hydrogens (tertiary/aromatic N) is 1. The Morgan fingerprint density at radius 3 is 2.69 bits per heavy atom. The van der Waals surface area contributed by atoms with Crippen molar-refractivity contribution in [1.29, 1.82) is 0 Å². The molecule has 2 rings (SSSR count). The molecule has 0 bridgehead atoms. The molecule has 2 aliphatic rings. The summed E-state index contributed by atoms with van der Waals surface area (Å²) in [5, 5.41) is 3.71. The maximum absolute atomic E-state index is 5.92. The molecule has 2 fully saturated rings. The van der Waals surface area contributed by atoms with Crippen molar-refractivity contribution >= 4 is 0 Å². The third-order valence-corrected chi connectivity index (χ3v) is 4.22. The number of nitrogens with one attached hydrogen (secondary N) is 1. The Kier molecular flexibility index (Phi) is 4.22. The van der Waals surface area contributed by atoms with Crippen molar-refractivity contribution in [3.8, 4) is 0 Å².